The molecule has 0 radical (unpaired) electrons. The van der Waals surface area contributed by atoms with Crippen LogP contribution in [-0.2, 0) is 0 Å². The summed E-state index contributed by atoms with van der Waals surface area (Å²) in [7, 11) is -9.67. The first kappa shape index (κ1) is 12.0. The van der Waals surface area contributed by atoms with Gasteiger partial charge in [0.1, 0.15) is 4.90 Å². The molecule has 0 aromatic heterocycles. The third-order valence-corrected chi connectivity index (χ3v) is 3.47. The Morgan fingerprint density at radius 3 is 2.12 bits per heavy atom. The summed E-state index contributed by atoms with van der Waals surface area (Å²) in [5.41, 5.74) is 5.61. The lowest BCUT2D eigenvalue weighted by Gasteiger charge is -2.41. The van der Waals surface area contributed by atoms with Gasteiger partial charge in [0.05, 0.1) is 0 Å². The number of hydrogen-bond donors (Lipinski definition) is 1. The van der Waals surface area contributed by atoms with Crippen LogP contribution in [0.5, 0.6) is 0 Å². The zero-order valence-corrected chi connectivity index (χ0v) is 9.16. The lowest BCUT2D eigenvalue weighted by molar-refractivity contribution is 0.365. The number of rotatable bonds is 1. The van der Waals surface area contributed by atoms with E-state index in [4.69, 9.17) is 5.73 Å². The van der Waals surface area contributed by atoms with Gasteiger partial charge in [-0.2, -0.15) is 0 Å². The SMILES string of the molecule is Nc1ccc2c(S(F)(F)(F)(F)F)cccc2c1. The van der Waals surface area contributed by atoms with Gasteiger partial charge in [-0.1, -0.05) is 37.6 Å². The van der Waals surface area contributed by atoms with Crippen molar-refractivity contribution >= 4 is 26.7 Å². The predicted molar refractivity (Wildman–Crippen MR) is 59.8 cm³/mol. The van der Waals surface area contributed by atoms with E-state index in [0.717, 1.165) is 18.2 Å². The molecule has 1 nitrogen and oxygen atoms in total. The number of nitrogens with two attached hydrogens (primary N) is 1. The average molecular weight is 269 g/mol. The fourth-order valence-electron chi connectivity index (χ4n) is 1.61. The Labute approximate surface area is 93.8 Å². The molecule has 0 aliphatic rings. The van der Waals surface area contributed by atoms with E-state index in [-0.39, 0.29) is 11.1 Å². The van der Waals surface area contributed by atoms with Gasteiger partial charge in [-0.25, -0.2) is 0 Å². The van der Waals surface area contributed by atoms with Crippen LogP contribution in [0.25, 0.3) is 10.8 Å². The summed E-state index contributed by atoms with van der Waals surface area (Å²) < 4.78 is 63.7. The van der Waals surface area contributed by atoms with Crippen molar-refractivity contribution in [3.8, 4) is 0 Å². The van der Waals surface area contributed by atoms with E-state index < -0.39 is 20.5 Å². The van der Waals surface area contributed by atoms with Crippen molar-refractivity contribution in [1.29, 1.82) is 0 Å². The van der Waals surface area contributed by atoms with Crippen molar-refractivity contribution < 1.29 is 19.4 Å². The van der Waals surface area contributed by atoms with E-state index in [2.05, 4.69) is 0 Å². The van der Waals surface area contributed by atoms with E-state index in [1.54, 1.807) is 0 Å². The van der Waals surface area contributed by atoms with Crippen molar-refractivity contribution in [3.05, 3.63) is 36.4 Å². The molecule has 2 aromatic rings. The van der Waals surface area contributed by atoms with Gasteiger partial charge in [-0.3, -0.25) is 0 Å². The molecule has 2 rings (SSSR count). The Hall–Kier alpha value is -1.50. The summed E-state index contributed by atoms with van der Waals surface area (Å²) in [6.07, 6.45) is 0. The van der Waals surface area contributed by atoms with Crippen LogP contribution in [0.1, 0.15) is 0 Å². The zero-order valence-electron chi connectivity index (χ0n) is 8.34. The number of nitrogen functional groups attached to an aromatic ring is 1. The van der Waals surface area contributed by atoms with E-state index in [1.165, 1.54) is 12.1 Å². The molecule has 17 heavy (non-hydrogen) atoms. The van der Waals surface area contributed by atoms with Crippen molar-refractivity contribution in [1.82, 2.24) is 0 Å². The summed E-state index contributed by atoms with van der Waals surface area (Å²) in [6.45, 7) is 0. The number of benzene rings is 2. The minimum Gasteiger partial charge on any atom is -0.399 e. The largest absolute Gasteiger partial charge is 0.399 e. The summed E-state index contributed by atoms with van der Waals surface area (Å²) in [6, 6.07) is 5.98. The van der Waals surface area contributed by atoms with Crippen LogP contribution in [0.15, 0.2) is 41.3 Å². The van der Waals surface area contributed by atoms with E-state index in [1.807, 2.05) is 0 Å². The second kappa shape index (κ2) is 2.66. The highest BCUT2D eigenvalue weighted by Gasteiger charge is 2.66. The van der Waals surface area contributed by atoms with Gasteiger partial charge < -0.3 is 5.73 Å². The number of hydrogen-bond acceptors (Lipinski definition) is 1. The average Bonchev–Trinajstić information content (AvgIpc) is 2.12. The molecule has 0 aliphatic carbocycles. The molecule has 2 N–H and O–H groups in total. The second-order valence-electron chi connectivity index (χ2n) is 3.71. The normalized spacial score (nSPS) is 16.5. The first-order valence-corrected chi connectivity index (χ1v) is 6.45. The standard InChI is InChI=1S/C10H8F5NS/c11-17(12,13,14,15)10-3-1-2-7-6-8(16)4-5-9(7)10/h1-6H,16H2. The highest BCUT2D eigenvalue weighted by Crippen LogP contribution is 3.02. The molecule has 0 atom stereocenters. The number of fused-ring (bicyclic) bond motifs is 1. The second-order valence-corrected chi connectivity index (χ2v) is 6.08. The van der Waals surface area contributed by atoms with Gasteiger partial charge in [0.2, 0.25) is 0 Å². The third-order valence-electron chi connectivity index (χ3n) is 2.28. The van der Waals surface area contributed by atoms with Crippen LogP contribution in [-0.4, -0.2) is 0 Å². The minimum atomic E-state index is -9.67. The molecular weight excluding hydrogens is 261 g/mol. The molecule has 94 valence electrons. The molecule has 0 unspecified atom stereocenters. The van der Waals surface area contributed by atoms with Crippen molar-refractivity contribution in [2.24, 2.45) is 0 Å². The van der Waals surface area contributed by atoms with E-state index in [0.29, 0.717) is 6.07 Å². The lowest BCUT2D eigenvalue weighted by Crippen LogP contribution is -2.06. The monoisotopic (exact) mass is 269 g/mol. The minimum absolute atomic E-state index is 0.0377. The van der Waals surface area contributed by atoms with Crippen LogP contribution < -0.4 is 5.73 Å². The van der Waals surface area contributed by atoms with Crippen molar-refractivity contribution in [2.75, 3.05) is 5.73 Å². The summed E-state index contributed by atoms with van der Waals surface area (Å²) in [5.74, 6) is 0. The Morgan fingerprint density at radius 2 is 1.53 bits per heavy atom. The zero-order chi connectivity index (χ0) is 13.0. The van der Waals surface area contributed by atoms with Crippen molar-refractivity contribution in [2.45, 2.75) is 4.90 Å². The molecule has 0 fully saturated rings. The van der Waals surface area contributed by atoms with Gasteiger partial charge in [0.25, 0.3) is 0 Å². The lowest BCUT2D eigenvalue weighted by atomic mass is 10.1. The maximum Gasteiger partial charge on any atom is 0.311 e. The Balaban J connectivity index is 2.91. The number of halogens is 5. The van der Waals surface area contributed by atoms with Crippen molar-refractivity contribution in [3.63, 3.8) is 0 Å². The molecule has 0 heterocycles. The molecule has 0 saturated carbocycles. The summed E-state index contributed by atoms with van der Waals surface area (Å²) >= 11 is 0. The van der Waals surface area contributed by atoms with Gasteiger partial charge in [0, 0.05) is 11.1 Å². The van der Waals surface area contributed by atoms with E-state index in [9.17, 15) is 19.4 Å². The molecule has 0 spiro atoms. The first-order valence-electron chi connectivity index (χ1n) is 4.50. The molecule has 0 aliphatic heterocycles. The van der Waals surface area contributed by atoms with Gasteiger partial charge in [-0.15, -0.1) is 0 Å². The molecule has 0 bridgehead atoms. The Morgan fingerprint density at radius 1 is 0.882 bits per heavy atom. The molecular formula is C10H8F5NS. The highest BCUT2D eigenvalue weighted by atomic mass is 32.5. The van der Waals surface area contributed by atoms with Gasteiger partial charge in [-0.05, 0) is 23.6 Å². The summed E-state index contributed by atoms with van der Waals surface area (Å²) in [4.78, 5) is -1.87. The van der Waals surface area contributed by atoms with E-state index >= 15 is 0 Å². The Kier molecular flexibility index (Phi) is 1.88. The molecule has 2 aromatic carbocycles. The van der Waals surface area contributed by atoms with Crippen LogP contribution in [0.3, 0.4) is 0 Å². The summed E-state index contributed by atoms with van der Waals surface area (Å²) in [5, 5.41) is -0.503. The molecule has 0 saturated heterocycles. The van der Waals surface area contributed by atoms with Gasteiger partial charge >= 0.3 is 10.2 Å². The maximum absolute atomic E-state index is 12.7. The topological polar surface area (TPSA) is 26.0 Å². The maximum atomic E-state index is 12.7. The van der Waals surface area contributed by atoms with Gasteiger partial charge in [0.15, 0.2) is 0 Å². The van der Waals surface area contributed by atoms with Crippen LogP contribution in [0.4, 0.5) is 25.1 Å². The van der Waals surface area contributed by atoms with Crippen LogP contribution in [0, 0.1) is 0 Å². The third kappa shape index (κ3) is 2.28. The van der Waals surface area contributed by atoms with Crippen LogP contribution in [0.2, 0.25) is 0 Å². The Bertz CT molecular complexity index is 605. The predicted octanol–water partition coefficient (Wildman–Crippen LogP) is 5.08. The molecule has 0 amide bonds. The first-order chi connectivity index (χ1) is 7.47. The quantitative estimate of drug-likeness (QED) is 0.567. The smallest absolute Gasteiger partial charge is 0.311 e. The fraction of sp³-hybridized carbons (Fsp3) is 0. The fourth-order valence-corrected chi connectivity index (χ4v) is 2.55. The molecule has 7 heteroatoms. The van der Waals surface area contributed by atoms with Crippen LogP contribution >= 0.6 is 10.2 Å². The number of anilines is 1. The highest BCUT2D eigenvalue weighted by molar-refractivity contribution is 8.46.